The second-order valence-corrected chi connectivity index (χ2v) is 9.16. The molecule has 1 saturated carbocycles. The molecule has 1 aliphatic rings. The maximum Gasteiger partial charge on any atom is 0.105 e. The van der Waals surface area contributed by atoms with Crippen LogP contribution in [0.2, 0.25) is 5.82 Å². The topological polar surface area (TPSA) is 0 Å². The molecule has 1 heteroatoms. The van der Waals surface area contributed by atoms with Gasteiger partial charge < -0.3 is 0 Å². The molecule has 0 nitrogen and oxygen atoms in total. The Morgan fingerprint density at radius 2 is 1.24 bits per heavy atom. The summed E-state index contributed by atoms with van der Waals surface area (Å²) >= 11 is 0. The van der Waals surface area contributed by atoms with Crippen molar-refractivity contribution in [3.05, 3.63) is 0 Å². The molecule has 0 bridgehead atoms. The van der Waals surface area contributed by atoms with Gasteiger partial charge in [0.05, 0.1) is 0 Å². The molecule has 0 saturated heterocycles. The van der Waals surface area contributed by atoms with Gasteiger partial charge in [0, 0.05) is 0 Å². The van der Waals surface area contributed by atoms with Crippen LogP contribution in [0.25, 0.3) is 0 Å². The molecule has 1 fully saturated rings. The van der Waals surface area contributed by atoms with E-state index in [1.54, 1.807) is 0 Å². The number of hydrogen-bond donors (Lipinski definition) is 0. The average molecular weight is 236 g/mol. The van der Waals surface area contributed by atoms with Gasteiger partial charge in [-0.3, -0.25) is 0 Å². The first-order chi connectivity index (χ1) is 7.52. The molecule has 0 aromatic carbocycles. The Labute approximate surface area is 110 Å². The maximum atomic E-state index is 2.43. The van der Waals surface area contributed by atoms with Crippen LogP contribution in [0.4, 0.5) is 0 Å². The quantitative estimate of drug-likeness (QED) is 0.602. The molecule has 0 spiro atoms. The molecule has 1 aliphatic carbocycles. The van der Waals surface area contributed by atoms with Crippen molar-refractivity contribution >= 4 is 7.85 Å². The Morgan fingerprint density at radius 3 is 1.53 bits per heavy atom. The van der Waals surface area contributed by atoms with Gasteiger partial charge >= 0.3 is 0 Å². The summed E-state index contributed by atoms with van der Waals surface area (Å²) in [6.07, 6.45) is 8.64. The third-order valence-corrected chi connectivity index (χ3v) is 4.15. The Hall–Kier alpha value is 0.0649. The molecule has 0 aliphatic heterocycles. The van der Waals surface area contributed by atoms with Crippen LogP contribution in [0.5, 0.6) is 0 Å². The molecule has 0 amide bonds. The van der Waals surface area contributed by atoms with Crippen LogP contribution in [-0.4, -0.2) is 7.85 Å². The van der Waals surface area contributed by atoms with Gasteiger partial charge in [-0.2, -0.15) is 0 Å². The van der Waals surface area contributed by atoms with Gasteiger partial charge in [0.15, 0.2) is 0 Å². The van der Waals surface area contributed by atoms with Gasteiger partial charge in [-0.1, -0.05) is 60.2 Å². The minimum atomic E-state index is 0.478. The minimum Gasteiger partial charge on any atom is -0.0697 e. The Balaban J connectivity index is 2.78. The van der Waals surface area contributed by atoms with E-state index in [-0.39, 0.29) is 0 Å². The van der Waals surface area contributed by atoms with Crippen molar-refractivity contribution in [2.45, 2.75) is 85.9 Å². The van der Waals surface area contributed by atoms with E-state index in [0.29, 0.717) is 16.2 Å². The van der Waals surface area contributed by atoms with Crippen molar-refractivity contribution in [3.63, 3.8) is 0 Å². The molecule has 0 unspecified atom stereocenters. The van der Waals surface area contributed by atoms with E-state index in [4.69, 9.17) is 0 Å². The predicted octanol–water partition coefficient (Wildman–Crippen LogP) is 4.84. The summed E-state index contributed by atoms with van der Waals surface area (Å²) in [5.41, 5.74) is 1.58. The Morgan fingerprint density at radius 1 is 0.882 bits per heavy atom. The zero-order chi connectivity index (χ0) is 13.3. The summed E-state index contributed by atoms with van der Waals surface area (Å²) in [6.45, 7) is 14.5. The summed E-state index contributed by atoms with van der Waals surface area (Å²) in [6, 6.07) is 0. The average Bonchev–Trinajstić information content (AvgIpc) is 2.04. The predicted molar refractivity (Wildman–Crippen MR) is 81.3 cm³/mol. The highest BCUT2D eigenvalue weighted by Gasteiger charge is 2.39. The third kappa shape index (κ3) is 5.49. The van der Waals surface area contributed by atoms with Crippen LogP contribution in [-0.2, 0) is 0 Å². The lowest BCUT2D eigenvalue weighted by Crippen LogP contribution is -2.34. The highest BCUT2D eigenvalue weighted by Crippen LogP contribution is 2.52. The first kappa shape index (κ1) is 15.1. The van der Waals surface area contributed by atoms with Gasteiger partial charge in [0.2, 0.25) is 0 Å². The van der Waals surface area contributed by atoms with Gasteiger partial charge in [-0.25, -0.2) is 0 Å². The molecule has 0 aromatic heterocycles. The maximum absolute atomic E-state index is 2.43. The lowest BCUT2D eigenvalue weighted by Gasteiger charge is -2.46. The summed E-state index contributed by atoms with van der Waals surface area (Å²) in [5, 5.41) is 0. The van der Waals surface area contributed by atoms with Crippen LogP contribution in [0, 0.1) is 16.2 Å². The van der Waals surface area contributed by atoms with E-state index in [2.05, 4.69) is 49.4 Å². The van der Waals surface area contributed by atoms with Crippen LogP contribution < -0.4 is 0 Å². The number of rotatable bonds is 2. The summed E-state index contributed by atoms with van der Waals surface area (Å²) in [4.78, 5) is 0. The molecule has 0 aromatic rings. The molecule has 1 rings (SSSR count). The standard InChI is InChI=1S/C16H33B/c1-14(2,3)11-16(12-15(4,5)6)9-7-13(17)8-10-16/h13H,7-12,17H2,1-6H3. The van der Waals surface area contributed by atoms with E-state index >= 15 is 0 Å². The van der Waals surface area contributed by atoms with Crippen molar-refractivity contribution < 1.29 is 0 Å². The molecule has 100 valence electrons. The molecular formula is C16H33B. The van der Waals surface area contributed by atoms with Gasteiger partial charge in [0.1, 0.15) is 7.85 Å². The first-order valence-corrected chi connectivity index (χ1v) is 7.52. The van der Waals surface area contributed by atoms with E-state index in [1.165, 1.54) is 38.5 Å². The fourth-order valence-corrected chi connectivity index (χ4v) is 4.04. The van der Waals surface area contributed by atoms with Crippen LogP contribution in [0.1, 0.15) is 80.1 Å². The molecule has 0 heterocycles. The lowest BCUT2D eigenvalue weighted by molar-refractivity contribution is 0.0633. The smallest absolute Gasteiger partial charge is 0.0697 e. The first-order valence-electron chi connectivity index (χ1n) is 7.52. The van der Waals surface area contributed by atoms with Crippen molar-refractivity contribution in [2.75, 3.05) is 0 Å². The highest BCUT2D eigenvalue weighted by molar-refractivity contribution is 6.11. The van der Waals surface area contributed by atoms with Gasteiger partial charge in [-0.15, -0.1) is 0 Å². The third-order valence-electron chi connectivity index (χ3n) is 4.15. The van der Waals surface area contributed by atoms with E-state index < -0.39 is 0 Å². The lowest BCUT2D eigenvalue weighted by atomic mass is 9.56. The van der Waals surface area contributed by atoms with Crippen molar-refractivity contribution in [3.8, 4) is 0 Å². The second kappa shape index (κ2) is 4.98. The van der Waals surface area contributed by atoms with Crippen LogP contribution in [0.15, 0.2) is 0 Å². The van der Waals surface area contributed by atoms with E-state index in [9.17, 15) is 0 Å². The zero-order valence-corrected chi connectivity index (χ0v) is 13.3. The van der Waals surface area contributed by atoms with E-state index in [0.717, 1.165) is 5.82 Å². The molecule has 17 heavy (non-hydrogen) atoms. The molecule has 0 atom stereocenters. The molecule has 0 N–H and O–H groups in total. The normalized spacial score (nSPS) is 22.7. The fourth-order valence-electron chi connectivity index (χ4n) is 4.04. The monoisotopic (exact) mass is 236 g/mol. The zero-order valence-electron chi connectivity index (χ0n) is 13.3. The van der Waals surface area contributed by atoms with E-state index in [1.807, 2.05) is 0 Å². The van der Waals surface area contributed by atoms with Crippen LogP contribution in [0.3, 0.4) is 0 Å². The summed E-state index contributed by atoms with van der Waals surface area (Å²) in [7, 11) is 2.43. The highest BCUT2D eigenvalue weighted by atomic mass is 14.4. The minimum absolute atomic E-state index is 0.478. The largest absolute Gasteiger partial charge is 0.105 e. The van der Waals surface area contributed by atoms with Gasteiger partial charge in [0.25, 0.3) is 0 Å². The van der Waals surface area contributed by atoms with Gasteiger partial charge in [-0.05, 0) is 41.9 Å². The number of hydrogen-bond acceptors (Lipinski definition) is 0. The van der Waals surface area contributed by atoms with Crippen LogP contribution >= 0.6 is 0 Å². The Kier molecular flexibility index (Phi) is 4.43. The molecular weight excluding hydrogens is 203 g/mol. The SMILES string of the molecule is BC1CCC(CC(C)(C)C)(CC(C)(C)C)CC1. The van der Waals surface area contributed by atoms with Crippen molar-refractivity contribution in [1.29, 1.82) is 0 Å². The Bertz CT molecular complexity index is 215. The summed E-state index contributed by atoms with van der Waals surface area (Å²) in [5.74, 6) is 0.961. The fraction of sp³-hybridized carbons (Fsp3) is 1.00. The molecule has 0 radical (unpaired) electrons. The van der Waals surface area contributed by atoms with Crippen molar-refractivity contribution in [2.24, 2.45) is 16.2 Å². The van der Waals surface area contributed by atoms with Crippen molar-refractivity contribution in [1.82, 2.24) is 0 Å². The second-order valence-electron chi connectivity index (χ2n) is 9.16. The summed E-state index contributed by atoms with van der Waals surface area (Å²) < 4.78 is 0.